The normalized spacial score (nSPS) is 17.6. The van der Waals surface area contributed by atoms with Crippen LogP contribution in [0, 0.1) is 5.82 Å². The molecule has 1 aliphatic carbocycles. The van der Waals surface area contributed by atoms with E-state index in [2.05, 4.69) is 16.8 Å². The average Bonchev–Trinajstić information content (AvgIpc) is 2.87. The summed E-state index contributed by atoms with van der Waals surface area (Å²) in [5, 5.41) is 14.2. The molecule has 0 saturated heterocycles. The SMILES string of the molecule is O=C(O)c1ccc(NC2CCCc3sccc32)cc1F. The number of nitrogens with one attached hydrogen (secondary N) is 1. The lowest BCUT2D eigenvalue weighted by Gasteiger charge is -2.24. The van der Waals surface area contributed by atoms with Gasteiger partial charge in [0.2, 0.25) is 0 Å². The van der Waals surface area contributed by atoms with Crippen molar-refractivity contribution in [1.29, 1.82) is 0 Å². The summed E-state index contributed by atoms with van der Waals surface area (Å²) in [6.45, 7) is 0. The second-order valence-corrected chi connectivity index (χ2v) is 5.89. The molecule has 0 saturated carbocycles. The molecule has 20 heavy (non-hydrogen) atoms. The molecule has 1 atom stereocenters. The number of thiophene rings is 1. The zero-order valence-electron chi connectivity index (χ0n) is 10.7. The molecule has 1 unspecified atom stereocenters. The Morgan fingerprint density at radius 2 is 2.25 bits per heavy atom. The summed E-state index contributed by atoms with van der Waals surface area (Å²) in [5.41, 5.74) is 1.61. The average molecular weight is 291 g/mol. The zero-order chi connectivity index (χ0) is 14.1. The Kier molecular flexibility index (Phi) is 3.44. The summed E-state index contributed by atoms with van der Waals surface area (Å²) in [5.74, 6) is -1.95. The first-order valence-electron chi connectivity index (χ1n) is 6.51. The molecule has 0 bridgehead atoms. The van der Waals surface area contributed by atoms with Crippen molar-refractivity contribution in [2.24, 2.45) is 0 Å². The van der Waals surface area contributed by atoms with Crippen LogP contribution in [0.15, 0.2) is 29.6 Å². The predicted molar refractivity (Wildman–Crippen MR) is 77.0 cm³/mol. The molecule has 0 amide bonds. The number of carboxylic acids is 1. The fraction of sp³-hybridized carbons (Fsp3) is 0.267. The monoisotopic (exact) mass is 291 g/mol. The standard InChI is InChI=1S/C15H14FNO2S/c16-12-8-9(4-5-10(12)15(18)19)17-13-2-1-3-14-11(13)6-7-20-14/h4-8,13,17H,1-3H2,(H,18,19). The third-order valence-electron chi connectivity index (χ3n) is 3.59. The number of hydrogen-bond donors (Lipinski definition) is 2. The van der Waals surface area contributed by atoms with E-state index in [9.17, 15) is 9.18 Å². The highest BCUT2D eigenvalue weighted by atomic mass is 32.1. The molecule has 1 aliphatic rings. The van der Waals surface area contributed by atoms with E-state index in [1.54, 1.807) is 17.4 Å². The maximum Gasteiger partial charge on any atom is 0.338 e. The number of halogens is 1. The smallest absolute Gasteiger partial charge is 0.338 e. The molecule has 2 N–H and O–H groups in total. The van der Waals surface area contributed by atoms with E-state index in [1.165, 1.54) is 22.6 Å². The van der Waals surface area contributed by atoms with E-state index >= 15 is 0 Å². The molecule has 0 radical (unpaired) electrons. The summed E-state index contributed by atoms with van der Waals surface area (Å²) in [6.07, 6.45) is 3.23. The highest BCUT2D eigenvalue weighted by Crippen LogP contribution is 2.35. The first kappa shape index (κ1) is 13.1. The molecule has 1 heterocycles. The number of aryl methyl sites for hydroxylation is 1. The molecule has 0 aliphatic heterocycles. The van der Waals surface area contributed by atoms with Gasteiger partial charge in [-0.25, -0.2) is 9.18 Å². The van der Waals surface area contributed by atoms with Crippen molar-refractivity contribution in [2.75, 3.05) is 5.32 Å². The minimum absolute atomic E-state index is 0.181. The van der Waals surface area contributed by atoms with Crippen molar-refractivity contribution >= 4 is 23.0 Å². The van der Waals surface area contributed by atoms with Crippen LogP contribution < -0.4 is 5.32 Å². The van der Waals surface area contributed by atoms with Crippen LogP contribution >= 0.6 is 11.3 Å². The number of anilines is 1. The van der Waals surface area contributed by atoms with Crippen LogP contribution in [-0.4, -0.2) is 11.1 Å². The van der Waals surface area contributed by atoms with Gasteiger partial charge in [0.25, 0.3) is 0 Å². The lowest BCUT2D eigenvalue weighted by molar-refractivity contribution is 0.0692. The highest BCUT2D eigenvalue weighted by Gasteiger charge is 2.21. The van der Waals surface area contributed by atoms with Crippen molar-refractivity contribution in [2.45, 2.75) is 25.3 Å². The van der Waals surface area contributed by atoms with Crippen LogP contribution in [0.4, 0.5) is 10.1 Å². The van der Waals surface area contributed by atoms with Gasteiger partial charge in [0.05, 0.1) is 11.6 Å². The van der Waals surface area contributed by atoms with Crippen molar-refractivity contribution in [3.63, 3.8) is 0 Å². The van der Waals surface area contributed by atoms with Crippen LogP contribution in [0.1, 0.15) is 39.7 Å². The molecule has 0 fully saturated rings. The number of aromatic carboxylic acids is 1. The van der Waals surface area contributed by atoms with E-state index < -0.39 is 11.8 Å². The topological polar surface area (TPSA) is 49.3 Å². The predicted octanol–water partition coefficient (Wildman–Crippen LogP) is 4.07. The largest absolute Gasteiger partial charge is 0.478 e. The van der Waals surface area contributed by atoms with E-state index in [0.29, 0.717) is 5.69 Å². The Bertz CT molecular complexity index is 653. The number of rotatable bonds is 3. The first-order chi connectivity index (χ1) is 9.65. The fourth-order valence-electron chi connectivity index (χ4n) is 2.62. The van der Waals surface area contributed by atoms with Gasteiger partial charge in [0.1, 0.15) is 5.82 Å². The van der Waals surface area contributed by atoms with Crippen LogP contribution in [0.25, 0.3) is 0 Å². The maximum absolute atomic E-state index is 13.7. The highest BCUT2D eigenvalue weighted by molar-refractivity contribution is 7.10. The number of benzene rings is 1. The van der Waals surface area contributed by atoms with Gasteiger partial charge < -0.3 is 10.4 Å². The molecule has 1 aromatic heterocycles. The van der Waals surface area contributed by atoms with Gasteiger partial charge in [-0.1, -0.05) is 0 Å². The van der Waals surface area contributed by atoms with E-state index in [4.69, 9.17) is 5.11 Å². The van der Waals surface area contributed by atoms with Crippen molar-refractivity contribution in [1.82, 2.24) is 0 Å². The number of carboxylic acid groups (broad SMARTS) is 1. The van der Waals surface area contributed by atoms with Crippen LogP contribution in [0.5, 0.6) is 0 Å². The summed E-state index contributed by atoms with van der Waals surface area (Å²) in [7, 11) is 0. The molecule has 104 valence electrons. The van der Waals surface area contributed by atoms with Gasteiger partial charge in [0, 0.05) is 10.6 Å². The molecule has 5 heteroatoms. The lowest BCUT2D eigenvalue weighted by atomic mass is 9.94. The number of carbonyl (C=O) groups is 1. The second kappa shape index (κ2) is 5.25. The van der Waals surface area contributed by atoms with E-state index in [1.807, 2.05) is 0 Å². The molecule has 2 aromatic rings. The Balaban J connectivity index is 1.83. The third-order valence-corrected chi connectivity index (χ3v) is 4.59. The van der Waals surface area contributed by atoms with Gasteiger partial charge >= 0.3 is 5.97 Å². The summed E-state index contributed by atoms with van der Waals surface area (Å²) < 4.78 is 13.7. The van der Waals surface area contributed by atoms with Crippen LogP contribution in [0.3, 0.4) is 0 Å². The van der Waals surface area contributed by atoms with Crippen molar-refractivity contribution in [3.8, 4) is 0 Å². The van der Waals surface area contributed by atoms with E-state index in [-0.39, 0.29) is 11.6 Å². The van der Waals surface area contributed by atoms with Crippen LogP contribution in [0.2, 0.25) is 0 Å². The maximum atomic E-state index is 13.7. The lowest BCUT2D eigenvalue weighted by Crippen LogP contribution is -2.16. The minimum atomic E-state index is -1.24. The molecule has 3 nitrogen and oxygen atoms in total. The Labute approximate surface area is 120 Å². The molecule has 3 rings (SSSR count). The van der Waals surface area contributed by atoms with Crippen molar-refractivity contribution in [3.05, 3.63) is 51.5 Å². The quantitative estimate of drug-likeness (QED) is 0.896. The number of hydrogen-bond acceptors (Lipinski definition) is 3. The minimum Gasteiger partial charge on any atom is -0.478 e. The second-order valence-electron chi connectivity index (χ2n) is 4.89. The van der Waals surface area contributed by atoms with E-state index in [0.717, 1.165) is 19.3 Å². The summed E-state index contributed by atoms with van der Waals surface area (Å²) in [6, 6.07) is 6.47. The Morgan fingerprint density at radius 3 is 3.00 bits per heavy atom. The third kappa shape index (κ3) is 2.41. The first-order valence-corrected chi connectivity index (χ1v) is 7.39. The molecular weight excluding hydrogens is 277 g/mol. The summed E-state index contributed by atoms with van der Waals surface area (Å²) in [4.78, 5) is 12.2. The van der Waals surface area contributed by atoms with Gasteiger partial charge in [-0.2, -0.15) is 0 Å². The molecule has 1 aromatic carbocycles. The number of fused-ring (bicyclic) bond motifs is 1. The zero-order valence-corrected chi connectivity index (χ0v) is 11.5. The molecule has 0 spiro atoms. The van der Waals surface area contributed by atoms with Gasteiger partial charge in [-0.3, -0.25) is 0 Å². The van der Waals surface area contributed by atoms with Gasteiger partial charge in [0.15, 0.2) is 0 Å². The Hall–Kier alpha value is -1.88. The fourth-order valence-corrected chi connectivity index (χ4v) is 3.60. The van der Waals surface area contributed by atoms with Crippen molar-refractivity contribution < 1.29 is 14.3 Å². The summed E-state index contributed by atoms with van der Waals surface area (Å²) >= 11 is 1.76. The van der Waals surface area contributed by atoms with Crippen LogP contribution in [-0.2, 0) is 6.42 Å². The Morgan fingerprint density at radius 1 is 1.40 bits per heavy atom. The molecular formula is C15H14FNO2S. The van der Waals surface area contributed by atoms with Gasteiger partial charge in [-0.15, -0.1) is 11.3 Å². The van der Waals surface area contributed by atoms with Gasteiger partial charge in [-0.05, 0) is 54.5 Å².